The molecule has 164 valence electrons. The Kier molecular flexibility index (Phi) is 4.82. The van der Waals surface area contributed by atoms with Gasteiger partial charge < -0.3 is 0 Å². The van der Waals surface area contributed by atoms with Crippen LogP contribution < -0.4 is 0 Å². The van der Waals surface area contributed by atoms with Crippen LogP contribution in [0.2, 0.25) is 0 Å². The summed E-state index contributed by atoms with van der Waals surface area (Å²) in [6.45, 7) is 0. The quantitative estimate of drug-likeness (QED) is 0.315. The summed E-state index contributed by atoms with van der Waals surface area (Å²) in [6.07, 6.45) is 11.0. The van der Waals surface area contributed by atoms with Crippen LogP contribution in [0.5, 0.6) is 0 Å². The molecule has 0 saturated heterocycles. The van der Waals surface area contributed by atoms with Gasteiger partial charge in [0, 0.05) is 42.9 Å². The molecule has 0 radical (unpaired) electrons. The lowest BCUT2D eigenvalue weighted by atomic mass is 9.85. The summed E-state index contributed by atoms with van der Waals surface area (Å²) in [5.74, 6) is -0.488. The SMILES string of the molecule is [2H]C1(c2ccc3c(n2)sc2c(-c4cc(C([2H])([2H])C5CCCCC5)ccn4)cccc23)CCCCC1. The van der Waals surface area contributed by atoms with E-state index in [1.165, 1.54) is 12.8 Å². The van der Waals surface area contributed by atoms with Gasteiger partial charge in [0.1, 0.15) is 4.83 Å². The van der Waals surface area contributed by atoms with Crippen LogP contribution in [0.3, 0.4) is 0 Å². The summed E-state index contributed by atoms with van der Waals surface area (Å²) >= 11 is 1.67. The summed E-state index contributed by atoms with van der Waals surface area (Å²) in [7, 11) is 0. The van der Waals surface area contributed by atoms with E-state index in [2.05, 4.69) is 35.3 Å². The Morgan fingerprint density at radius 3 is 2.56 bits per heavy atom. The number of nitrogens with zero attached hydrogens (tertiary/aromatic N) is 2. The van der Waals surface area contributed by atoms with Crippen LogP contribution in [0.15, 0.2) is 48.7 Å². The van der Waals surface area contributed by atoms with E-state index in [1.54, 1.807) is 17.5 Å². The Bertz CT molecular complexity index is 1370. The summed E-state index contributed by atoms with van der Waals surface area (Å²) in [5, 5.41) is 2.29. The van der Waals surface area contributed by atoms with Crippen molar-refractivity contribution in [1.29, 1.82) is 0 Å². The summed E-state index contributed by atoms with van der Waals surface area (Å²) in [4.78, 5) is 10.7. The monoisotopic (exact) mass is 443 g/mol. The van der Waals surface area contributed by atoms with Crippen molar-refractivity contribution in [2.75, 3.05) is 0 Å². The molecule has 32 heavy (non-hydrogen) atoms. The van der Waals surface area contributed by atoms with Gasteiger partial charge in [0.05, 0.1) is 5.69 Å². The zero-order valence-corrected chi connectivity index (χ0v) is 19.4. The smallest absolute Gasteiger partial charge is 0.124 e. The second kappa shape index (κ2) is 8.94. The molecule has 2 nitrogen and oxygen atoms in total. The fourth-order valence-corrected chi connectivity index (χ4v) is 6.66. The van der Waals surface area contributed by atoms with Gasteiger partial charge in [0.25, 0.3) is 0 Å². The minimum atomic E-state index is -1.34. The molecule has 6 rings (SSSR count). The maximum absolute atomic E-state index is 9.01. The van der Waals surface area contributed by atoms with Crippen LogP contribution in [0.4, 0.5) is 0 Å². The normalized spacial score (nSPS) is 21.3. The van der Waals surface area contributed by atoms with Crippen LogP contribution in [0.25, 0.3) is 31.6 Å². The van der Waals surface area contributed by atoms with Crippen molar-refractivity contribution in [3.63, 3.8) is 0 Å². The van der Waals surface area contributed by atoms with Crippen molar-refractivity contribution < 1.29 is 4.11 Å². The number of hydrogen-bond donors (Lipinski definition) is 0. The van der Waals surface area contributed by atoms with Crippen molar-refractivity contribution in [2.24, 2.45) is 5.92 Å². The number of benzene rings is 1. The van der Waals surface area contributed by atoms with Gasteiger partial charge in [-0.25, -0.2) is 4.98 Å². The zero-order valence-electron chi connectivity index (χ0n) is 21.6. The second-order valence-corrected chi connectivity index (χ2v) is 10.4. The van der Waals surface area contributed by atoms with Crippen molar-refractivity contribution in [2.45, 2.75) is 76.5 Å². The second-order valence-electron chi connectivity index (χ2n) is 9.41. The van der Waals surface area contributed by atoms with Crippen LogP contribution >= 0.6 is 11.3 Å². The molecule has 3 heteroatoms. The first-order valence-corrected chi connectivity index (χ1v) is 13.1. The molecule has 2 fully saturated rings. The molecule has 3 aromatic heterocycles. The molecule has 2 aliphatic carbocycles. The summed E-state index contributed by atoms with van der Waals surface area (Å²) in [5.41, 5.74) is 3.50. The van der Waals surface area contributed by atoms with Crippen LogP contribution in [0, 0.1) is 5.92 Å². The Hall–Kier alpha value is -2.26. The number of hydrogen-bond acceptors (Lipinski definition) is 3. The molecule has 2 saturated carbocycles. The third kappa shape index (κ3) is 3.96. The van der Waals surface area contributed by atoms with Crippen LogP contribution in [-0.4, -0.2) is 9.97 Å². The van der Waals surface area contributed by atoms with Gasteiger partial charge in [-0.1, -0.05) is 69.6 Å². The van der Waals surface area contributed by atoms with Crippen molar-refractivity contribution in [1.82, 2.24) is 9.97 Å². The Labute approximate surface area is 199 Å². The number of fused-ring (bicyclic) bond motifs is 3. The number of pyridine rings is 2. The number of thiophene rings is 1. The van der Waals surface area contributed by atoms with E-state index in [4.69, 9.17) is 9.10 Å². The zero-order chi connectivity index (χ0) is 24.0. The average Bonchev–Trinajstić information content (AvgIpc) is 3.28. The fraction of sp³-hybridized carbons (Fsp3) is 0.448. The Morgan fingerprint density at radius 1 is 0.906 bits per heavy atom. The first kappa shape index (κ1) is 17.2. The minimum Gasteiger partial charge on any atom is -0.256 e. The summed E-state index contributed by atoms with van der Waals surface area (Å²) in [6, 6.07) is 14.3. The standard InChI is InChI=1S/C29H32N2S/c1-3-8-20(9-4-1)18-21-16-17-30-27(19-21)25-13-7-12-23-24-14-15-26(22-10-5-2-6-11-22)31-29(24)32-28(23)25/h7,12-17,19-20,22H,1-6,8-11,18H2/i18D2,22D. The molecule has 0 N–H and O–H groups in total. The molecule has 0 aliphatic heterocycles. The molecule has 0 amide bonds. The third-order valence-corrected chi connectivity index (χ3v) is 8.34. The van der Waals surface area contributed by atoms with E-state index in [0.717, 1.165) is 94.2 Å². The fourth-order valence-electron chi connectivity index (χ4n) is 5.46. The lowest BCUT2D eigenvalue weighted by Gasteiger charge is -2.21. The first-order valence-electron chi connectivity index (χ1n) is 13.8. The van der Waals surface area contributed by atoms with E-state index in [0.29, 0.717) is 0 Å². The van der Waals surface area contributed by atoms with Crippen molar-refractivity contribution in [3.8, 4) is 11.3 Å². The van der Waals surface area contributed by atoms with Crippen LogP contribution in [-0.2, 0) is 6.37 Å². The number of aromatic nitrogens is 2. The Balaban J connectivity index is 1.42. The largest absolute Gasteiger partial charge is 0.256 e. The molecule has 0 bridgehead atoms. The van der Waals surface area contributed by atoms with Gasteiger partial charge in [-0.2, -0.15) is 0 Å². The van der Waals surface area contributed by atoms with Crippen LogP contribution in [0.1, 0.15) is 85.5 Å². The molecular formula is C29H32N2S. The highest BCUT2D eigenvalue weighted by Crippen LogP contribution is 2.40. The van der Waals surface area contributed by atoms with E-state index in [9.17, 15) is 0 Å². The molecule has 2 aliphatic rings. The minimum absolute atomic E-state index is 0.0752. The molecule has 0 unspecified atom stereocenters. The maximum atomic E-state index is 9.01. The highest BCUT2D eigenvalue weighted by molar-refractivity contribution is 7.26. The van der Waals surface area contributed by atoms with Gasteiger partial charge in [-0.05, 0) is 55.0 Å². The van der Waals surface area contributed by atoms with Gasteiger partial charge in [0.2, 0.25) is 0 Å². The van der Waals surface area contributed by atoms with Crippen molar-refractivity contribution in [3.05, 3.63) is 59.9 Å². The average molecular weight is 444 g/mol. The molecule has 4 aromatic rings. The predicted molar refractivity (Wildman–Crippen MR) is 136 cm³/mol. The molecular weight excluding hydrogens is 408 g/mol. The topological polar surface area (TPSA) is 25.8 Å². The van der Waals surface area contributed by atoms with E-state index < -0.39 is 12.3 Å². The van der Waals surface area contributed by atoms with Gasteiger partial charge >= 0.3 is 0 Å². The first-order chi connectivity index (χ1) is 17.0. The summed E-state index contributed by atoms with van der Waals surface area (Å²) < 4.78 is 28.0. The molecule has 0 spiro atoms. The van der Waals surface area contributed by atoms with Gasteiger partial charge in [-0.15, -0.1) is 11.3 Å². The third-order valence-electron chi connectivity index (χ3n) is 7.20. The number of rotatable bonds is 4. The van der Waals surface area contributed by atoms with E-state index in [-0.39, 0.29) is 5.92 Å². The van der Waals surface area contributed by atoms with E-state index >= 15 is 0 Å². The highest BCUT2D eigenvalue weighted by atomic mass is 32.1. The molecule has 1 aromatic carbocycles. The molecule has 0 atom stereocenters. The maximum Gasteiger partial charge on any atom is 0.124 e. The molecule has 3 heterocycles. The lowest BCUT2D eigenvalue weighted by Crippen LogP contribution is -2.09. The van der Waals surface area contributed by atoms with Crippen molar-refractivity contribution >= 4 is 31.6 Å². The van der Waals surface area contributed by atoms with Gasteiger partial charge in [-0.3, -0.25) is 4.98 Å². The van der Waals surface area contributed by atoms with E-state index in [1.807, 2.05) is 12.1 Å². The Morgan fingerprint density at radius 2 is 1.72 bits per heavy atom. The highest BCUT2D eigenvalue weighted by Gasteiger charge is 2.19. The predicted octanol–water partition coefficient (Wildman–Crippen LogP) is 8.68. The lowest BCUT2D eigenvalue weighted by molar-refractivity contribution is 0.356. The van der Waals surface area contributed by atoms with Gasteiger partial charge in [0.15, 0.2) is 0 Å².